The van der Waals surface area contributed by atoms with Crippen molar-refractivity contribution in [3.63, 3.8) is 0 Å². The number of amides is 2. The average Bonchev–Trinajstić information content (AvgIpc) is 3.11. The highest BCUT2D eigenvalue weighted by atomic mass is 16.5. The fourth-order valence-corrected chi connectivity index (χ4v) is 2.59. The Kier molecular flexibility index (Phi) is 5.40. The maximum Gasteiger partial charge on any atom is 0.315 e. The molecule has 1 aliphatic rings. The van der Waals surface area contributed by atoms with E-state index < -0.39 is 0 Å². The first-order valence-corrected chi connectivity index (χ1v) is 7.43. The number of carbonyl (C=O) groups is 1. The van der Waals surface area contributed by atoms with Crippen LogP contribution in [-0.4, -0.2) is 41.8 Å². The molecule has 0 spiro atoms. The van der Waals surface area contributed by atoms with Gasteiger partial charge in [-0.05, 0) is 32.4 Å². The zero-order valence-electron chi connectivity index (χ0n) is 12.3. The van der Waals surface area contributed by atoms with Gasteiger partial charge < -0.3 is 15.2 Å². The Morgan fingerprint density at radius 3 is 3.05 bits per heavy atom. The first-order valence-electron chi connectivity index (χ1n) is 7.43. The minimum atomic E-state index is -0.151. The number of hydrogen-bond donors (Lipinski definition) is 2. The van der Waals surface area contributed by atoms with Gasteiger partial charge in [0.05, 0.1) is 12.2 Å². The summed E-state index contributed by atoms with van der Waals surface area (Å²) in [6.07, 6.45) is 3.22. The second-order valence-electron chi connectivity index (χ2n) is 5.13. The van der Waals surface area contributed by atoms with Gasteiger partial charge in [0, 0.05) is 18.7 Å². The molecule has 0 bridgehead atoms. The quantitative estimate of drug-likeness (QED) is 0.829. The van der Waals surface area contributed by atoms with E-state index >= 15 is 0 Å². The smallest absolute Gasteiger partial charge is 0.315 e. The van der Waals surface area contributed by atoms with Gasteiger partial charge in [-0.15, -0.1) is 0 Å². The molecule has 1 aliphatic heterocycles. The van der Waals surface area contributed by atoms with Gasteiger partial charge in [0.25, 0.3) is 0 Å². The summed E-state index contributed by atoms with van der Waals surface area (Å²) < 4.78 is 5.12. The normalized spacial score (nSPS) is 19.2. The lowest BCUT2D eigenvalue weighted by Gasteiger charge is -2.22. The molecular weight excluding hydrogens is 256 g/mol. The van der Waals surface area contributed by atoms with Gasteiger partial charge in [0.15, 0.2) is 5.76 Å². The number of aromatic nitrogens is 1. The average molecular weight is 280 g/mol. The van der Waals surface area contributed by atoms with Crippen molar-refractivity contribution in [2.45, 2.75) is 45.7 Å². The molecule has 6 heteroatoms. The summed E-state index contributed by atoms with van der Waals surface area (Å²) >= 11 is 0. The van der Waals surface area contributed by atoms with Crippen LogP contribution in [0.2, 0.25) is 0 Å². The van der Waals surface area contributed by atoms with E-state index in [-0.39, 0.29) is 6.03 Å². The fraction of sp³-hybridized carbons (Fsp3) is 0.714. The van der Waals surface area contributed by atoms with Crippen molar-refractivity contribution in [3.05, 3.63) is 17.5 Å². The van der Waals surface area contributed by atoms with E-state index in [0.717, 1.165) is 31.6 Å². The van der Waals surface area contributed by atoms with Gasteiger partial charge in [0.2, 0.25) is 0 Å². The Morgan fingerprint density at radius 2 is 2.35 bits per heavy atom. The predicted molar refractivity (Wildman–Crippen MR) is 76.4 cm³/mol. The van der Waals surface area contributed by atoms with Crippen molar-refractivity contribution in [1.29, 1.82) is 0 Å². The van der Waals surface area contributed by atoms with Crippen molar-refractivity contribution < 1.29 is 9.32 Å². The molecule has 0 radical (unpaired) electrons. The minimum absolute atomic E-state index is 0.151. The molecule has 0 aliphatic carbocycles. The minimum Gasteiger partial charge on any atom is -0.359 e. The van der Waals surface area contributed by atoms with E-state index in [2.05, 4.69) is 27.6 Å². The van der Waals surface area contributed by atoms with E-state index in [1.165, 1.54) is 6.42 Å². The lowest BCUT2D eigenvalue weighted by Crippen LogP contribution is -2.43. The number of rotatable bonds is 6. The third-order valence-electron chi connectivity index (χ3n) is 3.80. The van der Waals surface area contributed by atoms with E-state index in [9.17, 15) is 4.79 Å². The maximum absolute atomic E-state index is 11.7. The van der Waals surface area contributed by atoms with Crippen molar-refractivity contribution in [2.24, 2.45) is 0 Å². The van der Waals surface area contributed by atoms with Crippen LogP contribution in [0.1, 0.15) is 38.1 Å². The maximum atomic E-state index is 11.7. The molecule has 112 valence electrons. The highest BCUT2D eigenvalue weighted by molar-refractivity contribution is 5.73. The number of likely N-dealkylation sites (tertiary alicyclic amines) is 1. The zero-order valence-corrected chi connectivity index (χ0v) is 12.3. The second-order valence-corrected chi connectivity index (χ2v) is 5.13. The monoisotopic (exact) mass is 280 g/mol. The Hall–Kier alpha value is -1.56. The second kappa shape index (κ2) is 7.28. The molecule has 1 fully saturated rings. The molecule has 2 rings (SSSR count). The molecule has 6 nitrogen and oxygen atoms in total. The molecule has 2 amide bonds. The van der Waals surface area contributed by atoms with Crippen LogP contribution in [0.4, 0.5) is 4.79 Å². The summed E-state index contributed by atoms with van der Waals surface area (Å²) in [7, 11) is 0. The van der Waals surface area contributed by atoms with Crippen LogP contribution in [0.25, 0.3) is 0 Å². The first-order chi connectivity index (χ1) is 9.72. The van der Waals surface area contributed by atoms with Crippen LogP contribution >= 0.6 is 0 Å². The van der Waals surface area contributed by atoms with E-state index in [0.29, 0.717) is 24.9 Å². The summed E-state index contributed by atoms with van der Waals surface area (Å²) in [5.41, 5.74) is 0.909. The van der Waals surface area contributed by atoms with Crippen molar-refractivity contribution in [3.8, 4) is 0 Å². The lowest BCUT2D eigenvalue weighted by molar-refractivity contribution is 0.227. The van der Waals surface area contributed by atoms with Crippen molar-refractivity contribution in [2.75, 3.05) is 19.6 Å². The Morgan fingerprint density at radius 1 is 1.50 bits per heavy atom. The van der Waals surface area contributed by atoms with E-state index in [4.69, 9.17) is 4.52 Å². The third kappa shape index (κ3) is 3.96. The van der Waals surface area contributed by atoms with Gasteiger partial charge in [-0.3, -0.25) is 4.90 Å². The topological polar surface area (TPSA) is 70.4 Å². The Balaban J connectivity index is 1.67. The van der Waals surface area contributed by atoms with Gasteiger partial charge in [-0.25, -0.2) is 4.79 Å². The summed E-state index contributed by atoms with van der Waals surface area (Å²) in [5.74, 6) is 0.688. The summed E-state index contributed by atoms with van der Waals surface area (Å²) in [4.78, 5) is 14.1. The summed E-state index contributed by atoms with van der Waals surface area (Å²) in [6, 6.07) is 2.20. The zero-order chi connectivity index (χ0) is 14.4. The number of nitrogens with zero attached hydrogens (tertiary/aromatic N) is 2. The SMILES string of the molecule is CCc1cc(CNC(=O)NC[C@H]2CCCN2CC)on1. The molecule has 2 heterocycles. The van der Waals surface area contributed by atoms with Gasteiger partial charge in [-0.1, -0.05) is 19.0 Å². The number of carbonyl (C=O) groups excluding carboxylic acids is 1. The molecular formula is C14H24N4O2. The number of likely N-dealkylation sites (N-methyl/N-ethyl adjacent to an activating group) is 1. The number of aryl methyl sites for hydroxylation is 1. The molecule has 0 saturated carbocycles. The number of hydrogen-bond acceptors (Lipinski definition) is 4. The molecule has 0 unspecified atom stereocenters. The standard InChI is InChI=1S/C14H24N4O2/c1-3-11-8-13(20-17-11)10-16-14(19)15-9-12-6-5-7-18(12)4-2/h8,12H,3-7,9-10H2,1-2H3,(H2,15,16,19)/t12-/m1/s1. The van der Waals surface area contributed by atoms with Crippen LogP contribution in [0.3, 0.4) is 0 Å². The Bertz CT molecular complexity index is 433. The van der Waals surface area contributed by atoms with Crippen molar-refractivity contribution in [1.82, 2.24) is 20.7 Å². The highest BCUT2D eigenvalue weighted by Crippen LogP contribution is 2.15. The first kappa shape index (κ1) is 14.8. The highest BCUT2D eigenvalue weighted by Gasteiger charge is 2.22. The van der Waals surface area contributed by atoms with Crippen LogP contribution < -0.4 is 10.6 Å². The van der Waals surface area contributed by atoms with E-state index in [1.807, 2.05) is 13.0 Å². The largest absolute Gasteiger partial charge is 0.359 e. The van der Waals surface area contributed by atoms with Crippen LogP contribution in [0.5, 0.6) is 0 Å². The number of nitrogens with one attached hydrogen (secondary N) is 2. The van der Waals surface area contributed by atoms with Gasteiger partial charge in [0.1, 0.15) is 0 Å². The molecule has 1 atom stereocenters. The fourth-order valence-electron chi connectivity index (χ4n) is 2.59. The van der Waals surface area contributed by atoms with Gasteiger partial charge in [-0.2, -0.15) is 0 Å². The van der Waals surface area contributed by atoms with E-state index in [1.54, 1.807) is 0 Å². The molecule has 1 saturated heterocycles. The lowest BCUT2D eigenvalue weighted by atomic mass is 10.2. The Labute approximate surface area is 119 Å². The summed E-state index contributed by atoms with van der Waals surface area (Å²) in [6.45, 7) is 7.45. The third-order valence-corrected chi connectivity index (χ3v) is 3.80. The van der Waals surface area contributed by atoms with Crippen molar-refractivity contribution >= 4 is 6.03 Å². The van der Waals surface area contributed by atoms with Crippen LogP contribution in [0.15, 0.2) is 10.6 Å². The molecule has 1 aromatic heterocycles. The number of urea groups is 1. The molecule has 2 N–H and O–H groups in total. The molecule has 0 aromatic carbocycles. The summed E-state index contributed by atoms with van der Waals surface area (Å²) in [5, 5.41) is 9.61. The molecule has 1 aromatic rings. The van der Waals surface area contributed by atoms with Crippen LogP contribution in [-0.2, 0) is 13.0 Å². The van der Waals surface area contributed by atoms with Gasteiger partial charge >= 0.3 is 6.03 Å². The predicted octanol–water partition coefficient (Wildman–Crippen LogP) is 1.52. The van der Waals surface area contributed by atoms with Crippen LogP contribution in [0, 0.1) is 0 Å². The molecule has 20 heavy (non-hydrogen) atoms.